The average molecular weight is 671 g/mol. The van der Waals surface area contributed by atoms with Crippen LogP contribution in [0.15, 0.2) is 48.5 Å². The lowest BCUT2D eigenvalue weighted by Crippen LogP contribution is -2.48. The Kier molecular flexibility index (Phi) is 10.6. The molecular weight excluding hydrogens is 634 g/mol. The zero-order valence-electron chi connectivity index (χ0n) is 26.7. The summed E-state index contributed by atoms with van der Waals surface area (Å²) in [6, 6.07) is 14.7. The summed E-state index contributed by atoms with van der Waals surface area (Å²) in [5, 5.41) is 12.4. The first-order valence-corrected chi connectivity index (χ1v) is 15.7. The van der Waals surface area contributed by atoms with E-state index < -0.39 is 40.1 Å². The highest BCUT2D eigenvalue weighted by molar-refractivity contribution is 6.34. The molecule has 0 radical (unpaired) electrons. The smallest absolute Gasteiger partial charge is 0.407 e. The lowest BCUT2D eigenvalue weighted by Gasteiger charge is -2.35. The van der Waals surface area contributed by atoms with Crippen LogP contribution in [0.25, 0.3) is 11.1 Å². The highest BCUT2D eigenvalue weighted by Gasteiger charge is 2.53. The van der Waals surface area contributed by atoms with Crippen molar-refractivity contribution in [1.82, 2.24) is 5.32 Å². The maximum atomic E-state index is 16.4. The lowest BCUT2D eigenvalue weighted by atomic mass is 9.82. The molecule has 0 aliphatic carbocycles. The summed E-state index contributed by atoms with van der Waals surface area (Å²) in [7, 11) is 1.41. The average Bonchev–Trinajstić information content (AvgIpc) is 3.37. The second-order valence-electron chi connectivity index (χ2n) is 12.2. The van der Waals surface area contributed by atoms with E-state index in [9.17, 15) is 10.1 Å². The quantitative estimate of drug-likeness (QED) is 0.220. The van der Waals surface area contributed by atoms with Crippen LogP contribution in [0.1, 0.15) is 62.8 Å². The van der Waals surface area contributed by atoms with Gasteiger partial charge in [0.2, 0.25) is 0 Å². The number of nitrogens with one attached hydrogen (secondary N) is 1. The molecule has 3 aromatic carbocycles. The summed E-state index contributed by atoms with van der Waals surface area (Å²) < 4.78 is 67.0. The minimum absolute atomic E-state index is 0.000847. The van der Waals surface area contributed by atoms with Crippen molar-refractivity contribution >= 4 is 17.7 Å². The number of amides is 1. The van der Waals surface area contributed by atoms with Gasteiger partial charge in [-0.1, -0.05) is 41.9 Å². The number of nitrogens with zero attached hydrogens (tertiary/aromatic N) is 1. The molecule has 1 saturated heterocycles. The molecule has 47 heavy (non-hydrogen) atoms. The van der Waals surface area contributed by atoms with E-state index in [0.29, 0.717) is 12.2 Å². The van der Waals surface area contributed by atoms with Crippen LogP contribution in [-0.4, -0.2) is 51.5 Å². The van der Waals surface area contributed by atoms with E-state index >= 15 is 8.78 Å². The molecule has 0 bridgehead atoms. The molecule has 250 valence electrons. The molecule has 3 atom stereocenters. The number of hydrogen-bond donors (Lipinski definition) is 1. The van der Waals surface area contributed by atoms with Gasteiger partial charge in [-0.3, -0.25) is 0 Å². The van der Waals surface area contributed by atoms with Crippen LogP contribution in [0.4, 0.5) is 13.6 Å². The summed E-state index contributed by atoms with van der Waals surface area (Å²) in [6.07, 6.45) is 0.605. The largest absolute Gasteiger partial charge is 0.488 e. The second kappa shape index (κ2) is 14.4. The fourth-order valence-electron chi connectivity index (χ4n) is 5.86. The van der Waals surface area contributed by atoms with Crippen LogP contribution >= 0.6 is 11.6 Å². The molecule has 1 fully saturated rings. The fraction of sp³-hybridized carbons (Fsp3) is 0.429. The lowest BCUT2D eigenvalue weighted by molar-refractivity contribution is -0.165. The third kappa shape index (κ3) is 7.31. The second-order valence-corrected chi connectivity index (χ2v) is 12.6. The van der Waals surface area contributed by atoms with Crippen molar-refractivity contribution in [2.45, 2.75) is 63.6 Å². The molecule has 0 aromatic heterocycles. The van der Waals surface area contributed by atoms with Gasteiger partial charge in [0, 0.05) is 42.0 Å². The Balaban J connectivity index is 1.56. The molecule has 3 unspecified atom stereocenters. The topological polar surface area (TPSA) is 108 Å². The van der Waals surface area contributed by atoms with Crippen LogP contribution in [-0.2, 0) is 24.5 Å². The van der Waals surface area contributed by atoms with Crippen molar-refractivity contribution in [2.24, 2.45) is 0 Å². The van der Waals surface area contributed by atoms with Crippen molar-refractivity contribution in [3.8, 4) is 28.7 Å². The Morgan fingerprint density at radius 2 is 1.89 bits per heavy atom. The van der Waals surface area contributed by atoms with Gasteiger partial charge in [-0.2, -0.15) is 5.26 Å². The molecular formula is C35H37ClF2N2O7. The van der Waals surface area contributed by atoms with E-state index in [0.717, 1.165) is 25.3 Å². The summed E-state index contributed by atoms with van der Waals surface area (Å²) >= 11 is 6.61. The SMILES string of the molecule is COC1c2c(cc(F)c(Cl)c2-c2c(C#N)ccc(OCCOC3CCCCO3)c2F)OC1(CNC(=O)OC(C)(C)C)c1ccccc1. The standard InChI is InChI=1S/C35H37ClF2N2O7/c1-34(2,3)47-33(41)40-20-35(22-10-6-5-7-11-22)32(42-4)28-25(46-35)18-23(37)30(36)29(28)27-21(19-39)13-14-24(31(27)38)43-16-17-45-26-12-8-9-15-44-26/h5-7,10-11,13-14,18,26,32H,8-9,12,15-17,20H2,1-4H3,(H,40,41). The molecule has 2 aliphatic heterocycles. The van der Waals surface area contributed by atoms with E-state index in [-0.39, 0.29) is 59.8 Å². The van der Waals surface area contributed by atoms with Gasteiger partial charge in [-0.05, 0) is 52.2 Å². The Labute approximate surface area is 277 Å². The number of hydrogen-bond acceptors (Lipinski definition) is 8. The van der Waals surface area contributed by atoms with Gasteiger partial charge in [-0.15, -0.1) is 0 Å². The summed E-state index contributed by atoms with van der Waals surface area (Å²) in [5.74, 6) is -2.02. The van der Waals surface area contributed by atoms with Gasteiger partial charge < -0.3 is 33.7 Å². The Morgan fingerprint density at radius 3 is 2.55 bits per heavy atom. The van der Waals surface area contributed by atoms with Crippen molar-refractivity contribution in [3.63, 3.8) is 0 Å². The minimum Gasteiger partial charge on any atom is -0.488 e. The third-order valence-electron chi connectivity index (χ3n) is 7.85. The van der Waals surface area contributed by atoms with Crippen molar-refractivity contribution in [1.29, 1.82) is 5.26 Å². The number of rotatable bonds is 10. The molecule has 0 saturated carbocycles. The third-order valence-corrected chi connectivity index (χ3v) is 8.22. The van der Waals surface area contributed by atoms with Crippen LogP contribution in [0.5, 0.6) is 11.5 Å². The van der Waals surface area contributed by atoms with Crippen LogP contribution < -0.4 is 14.8 Å². The number of halogens is 3. The number of carbonyl (C=O) groups is 1. The van der Waals surface area contributed by atoms with Gasteiger partial charge in [0.05, 0.1) is 29.8 Å². The highest BCUT2D eigenvalue weighted by Crippen LogP contribution is 2.56. The van der Waals surface area contributed by atoms with E-state index in [1.807, 2.05) is 6.07 Å². The first-order chi connectivity index (χ1) is 22.5. The van der Waals surface area contributed by atoms with Gasteiger partial charge in [0.25, 0.3) is 0 Å². The van der Waals surface area contributed by atoms with Crippen molar-refractivity contribution < 1.29 is 42.0 Å². The normalized spacial score (nSPS) is 20.6. The first kappa shape index (κ1) is 34.4. The summed E-state index contributed by atoms with van der Waals surface area (Å²) in [5.41, 5.74) is -2.01. The number of ether oxygens (including phenoxy) is 6. The summed E-state index contributed by atoms with van der Waals surface area (Å²) in [6.45, 7) is 5.76. The fourth-order valence-corrected chi connectivity index (χ4v) is 6.11. The van der Waals surface area contributed by atoms with E-state index in [1.54, 1.807) is 51.1 Å². The molecule has 2 heterocycles. The molecule has 0 spiro atoms. The Morgan fingerprint density at radius 1 is 1.13 bits per heavy atom. The first-order valence-electron chi connectivity index (χ1n) is 15.3. The highest BCUT2D eigenvalue weighted by atomic mass is 35.5. The van der Waals surface area contributed by atoms with Gasteiger partial charge in [0.15, 0.2) is 23.5 Å². The molecule has 12 heteroatoms. The van der Waals surface area contributed by atoms with Crippen LogP contribution in [0.3, 0.4) is 0 Å². The molecule has 1 N–H and O–H groups in total. The predicted molar refractivity (Wildman–Crippen MR) is 169 cm³/mol. The van der Waals surface area contributed by atoms with Crippen molar-refractivity contribution in [2.75, 3.05) is 33.5 Å². The van der Waals surface area contributed by atoms with E-state index in [1.165, 1.54) is 19.2 Å². The van der Waals surface area contributed by atoms with Gasteiger partial charge in [-0.25, -0.2) is 13.6 Å². The molecule has 1 amide bonds. The van der Waals surface area contributed by atoms with Crippen LogP contribution in [0, 0.1) is 23.0 Å². The van der Waals surface area contributed by atoms with Crippen LogP contribution in [0.2, 0.25) is 5.02 Å². The number of nitriles is 1. The number of methoxy groups -OCH3 is 1. The summed E-state index contributed by atoms with van der Waals surface area (Å²) in [4.78, 5) is 12.8. The zero-order chi connectivity index (χ0) is 33.8. The van der Waals surface area contributed by atoms with E-state index in [4.69, 9.17) is 40.0 Å². The Hall–Kier alpha value is -3.95. The number of carbonyl (C=O) groups excluding carboxylic acids is 1. The van der Waals surface area contributed by atoms with Crippen molar-refractivity contribution in [3.05, 3.63) is 81.9 Å². The minimum atomic E-state index is -1.48. The molecule has 2 aliphatic rings. The maximum absolute atomic E-state index is 16.4. The maximum Gasteiger partial charge on any atom is 0.407 e. The number of fused-ring (bicyclic) bond motifs is 1. The number of benzene rings is 3. The molecule has 5 rings (SSSR count). The monoisotopic (exact) mass is 670 g/mol. The van der Waals surface area contributed by atoms with E-state index in [2.05, 4.69) is 5.32 Å². The number of alkyl carbamates (subject to hydrolysis) is 1. The van der Waals surface area contributed by atoms with Gasteiger partial charge in [0.1, 0.15) is 29.9 Å². The predicted octanol–water partition coefficient (Wildman–Crippen LogP) is 7.58. The Bertz CT molecular complexity index is 1640. The van der Waals surface area contributed by atoms with Gasteiger partial charge >= 0.3 is 6.09 Å². The molecule has 3 aromatic rings. The molecule has 9 nitrogen and oxygen atoms in total. The zero-order valence-corrected chi connectivity index (χ0v) is 27.4.